The van der Waals surface area contributed by atoms with E-state index >= 15 is 0 Å². The number of aromatic amines is 1. The Labute approximate surface area is 88.6 Å². The highest BCUT2D eigenvalue weighted by Crippen LogP contribution is 2.10. The maximum Gasteiger partial charge on any atom is 0.325 e. The Kier molecular flexibility index (Phi) is 3.29. The van der Waals surface area contributed by atoms with E-state index in [4.69, 9.17) is 5.11 Å². The van der Waals surface area contributed by atoms with Crippen LogP contribution in [0.15, 0.2) is 16.7 Å². The number of rotatable bonds is 3. The van der Waals surface area contributed by atoms with Crippen LogP contribution in [0.5, 0.6) is 0 Å². The predicted molar refractivity (Wildman–Crippen MR) is 53.1 cm³/mol. The van der Waals surface area contributed by atoms with Gasteiger partial charge < -0.3 is 15.4 Å². The number of aromatic nitrogens is 1. The fourth-order valence-corrected chi connectivity index (χ4v) is 1.18. The average molecular weight is 261 g/mol. The topological polar surface area (TPSA) is 82.2 Å². The van der Waals surface area contributed by atoms with Gasteiger partial charge in [0.25, 0.3) is 5.91 Å². The summed E-state index contributed by atoms with van der Waals surface area (Å²) in [5.41, 5.74) is 0.324. The first kappa shape index (κ1) is 10.8. The van der Waals surface area contributed by atoms with Gasteiger partial charge in [-0.25, -0.2) is 0 Å². The first-order valence-corrected chi connectivity index (χ1v) is 4.67. The van der Waals surface area contributed by atoms with Gasteiger partial charge in [0, 0.05) is 10.7 Å². The lowest BCUT2D eigenvalue weighted by molar-refractivity contribution is -0.138. The Hall–Kier alpha value is -1.30. The van der Waals surface area contributed by atoms with Gasteiger partial charge in [-0.15, -0.1) is 0 Å². The normalized spacial score (nSPS) is 12.1. The highest BCUT2D eigenvalue weighted by atomic mass is 79.9. The second-order valence-corrected chi connectivity index (χ2v) is 3.68. The van der Waals surface area contributed by atoms with Gasteiger partial charge in [0.05, 0.1) is 0 Å². The lowest BCUT2D eigenvalue weighted by Gasteiger charge is -2.07. The molecule has 76 valence electrons. The van der Waals surface area contributed by atoms with E-state index in [0.717, 1.165) is 4.47 Å². The molecule has 0 aliphatic heterocycles. The summed E-state index contributed by atoms with van der Waals surface area (Å²) in [5.74, 6) is -1.51. The van der Waals surface area contributed by atoms with E-state index in [-0.39, 0.29) is 0 Å². The molecule has 0 saturated carbocycles. The third-order valence-electron chi connectivity index (χ3n) is 1.61. The monoisotopic (exact) mass is 260 g/mol. The van der Waals surface area contributed by atoms with Crippen LogP contribution in [-0.2, 0) is 4.79 Å². The quantitative estimate of drug-likeness (QED) is 0.758. The number of hydrogen-bond acceptors (Lipinski definition) is 2. The number of carbonyl (C=O) groups excluding carboxylic acids is 1. The fraction of sp³-hybridized carbons (Fsp3) is 0.250. The molecule has 1 rings (SSSR count). The lowest BCUT2D eigenvalue weighted by atomic mass is 10.3. The van der Waals surface area contributed by atoms with Gasteiger partial charge >= 0.3 is 5.97 Å². The van der Waals surface area contributed by atoms with Gasteiger partial charge in [-0.2, -0.15) is 0 Å². The third kappa shape index (κ3) is 2.59. The van der Waals surface area contributed by atoms with E-state index in [9.17, 15) is 9.59 Å². The van der Waals surface area contributed by atoms with E-state index in [0.29, 0.717) is 5.69 Å². The van der Waals surface area contributed by atoms with Gasteiger partial charge in [-0.1, -0.05) is 0 Å². The molecule has 6 heteroatoms. The summed E-state index contributed by atoms with van der Waals surface area (Å²) in [6.45, 7) is 1.40. The number of carboxylic acids is 1. The van der Waals surface area contributed by atoms with Gasteiger partial charge in [0.2, 0.25) is 0 Å². The van der Waals surface area contributed by atoms with E-state index in [1.165, 1.54) is 6.92 Å². The van der Waals surface area contributed by atoms with Crippen molar-refractivity contribution in [3.8, 4) is 0 Å². The molecule has 1 aromatic rings. The van der Waals surface area contributed by atoms with E-state index < -0.39 is 17.9 Å². The summed E-state index contributed by atoms with van der Waals surface area (Å²) in [6, 6.07) is 0.675. The van der Waals surface area contributed by atoms with Crippen LogP contribution in [0, 0.1) is 0 Å². The van der Waals surface area contributed by atoms with E-state index in [1.807, 2.05) is 0 Å². The molecule has 0 saturated heterocycles. The second kappa shape index (κ2) is 4.28. The van der Waals surface area contributed by atoms with E-state index in [2.05, 4.69) is 26.2 Å². The highest BCUT2D eigenvalue weighted by Gasteiger charge is 2.15. The number of halogens is 1. The Balaban J connectivity index is 2.63. The van der Waals surface area contributed by atoms with Crippen molar-refractivity contribution < 1.29 is 14.7 Å². The lowest BCUT2D eigenvalue weighted by Crippen LogP contribution is -2.38. The molecule has 0 radical (unpaired) electrons. The molecule has 1 aromatic heterocycles. The molecule has 0 aliphatic carbocycles. The molecule has 1 unspecified atom stereocenters. The number of hydrogen-bond donors (Lipinski definition) is 3. The van der Waals surface area contributed by atoms with Gasteiger partial charge in [0.15, 0.2) is 0 Å². The minimum Gasteiger partial charge on any atom is -0.480 e. The summed E-state index contributed by atoms with van der Waals surface area (Å²) in [6.07, 6.45) is 1.60. The van der Waals surface area contributed by atoms with Crippen molar-refractivity contribution in [2.75, 3.05) is 0 Å². The minimum atomic E-state index is -1.07. The summed E-state index contributed by atoms with van der Waals surface area (Å²) >= 11 is 3.17. The maximum absolute atomic E-state index is 11.3. The molecule has 0 fully saturated rings. The van der Waals surface area contributed by atoms with Crippen LogP contribution in [0.4, 0.5) is 0 Å². The van der Waals surface area contributed by atoms with Gasteiger partial charge in [0.1, 0.15) is 11.7 Å². The zero-order chi connectivity index (χ0) is 10.7. The smallest absolute Gasteiger partial charge is 0.325 e. The summed E-state index contributed by atoms with van der Waals surface area (Å²) in [5, 5.41) is 10.9. The van der Waals surface area contributed by atoms with Crippen molar-refractivity contribution in [1.82, 2.24) is 10.3 Å². The molecular formula is C8H9BrN2O3. The summed E-state index contributed by atoms with van der Waals surface area (Å²) in [4.78, 5) is 24.5. The average Bonchev–Trinajstić information content (AvgIpc) is 2.51. The van der Waals surface area contributed by atoms with Crippen LogP contribution in [0.1, 0.15) is 17.4 Å². The molecule has 1 atom stereocenters. The third-order valence-corrected chi connectivity index (χ3v) is 2.07. The Morgan fingerprint density at radius 3 is 2.71 bits per heavy atom. The first-order chi connectivity index (χ1) is 6.50. The molecule has 3 N–H and O–H groups in total. The van der Waals surface area contributed by atoms with Crippen molar-refractivity contribution >= 4 is 27.8 Å². The number of carboxylic acid groups (broad SMARTS) is 1. The van der Waals surface area contributed by atoms with Crippen molar-refractivity contribution in [3.05, 3.63) is 22.4 Å². The van der Waals surface area contributed by atoms with Crippen LogP contribution in [0.3, 0.4) is 0 Å². The zero-order valence-corrected chi connectivity index (χ0v) is 8.96. The number of aliphatic carboxylic acids is 1. The second-order valence-electron chi connectivity index (χ2n) is 2.76. The van der Waals surface area contributed by atoms with Crippen molar-refractivity contribution in [3.63, 3.8) is 0 Å². The zero-order valence-electron chi connectivity index (χ0n) is 7.37. The number of nitrogens with one attached hydrogen (secondary N) is 2. The summed E-state index contributed by atoms with van der Waals surface area (Å²) in [7, 11) is 0. The molecule has 0 spiro atoms. The number of amides is 1. The molecule has 1 amide bonds. The molecule has 0 aliphatic rings. The van der Waals surface area contributed by atoms with Crippen molar-refractivity contribution in [2.24, 2.45) is 0 Å². The minimum absolute atomic E-state index is 0.324. The largest absolute Gasteiger partial charge is 0.480 e. The van der Waals surface area contributed by atoms with Gasteiger partial charge in [-0.3, -0.25) is 9.59 Å². The standard InChI is InChI=1S/C8H9BrN2O3/c1-4(8(13)14)11-7(12)6-2-5(9)3-10-6/h2-4,10H,1H3,(H,11,12)(H,13,14). The maximum atomic E-state index is 11.3. The van der Waals surface area contributed by atoms with Crippen LogP contribution in [-0.4, -0.2) is 28.0 Å². The van der Waals surface area contributed by atoms with Crippen LogP contribution >= 0.6 is 15.9 Å². The molecule has 14 heavy (non-hydrogen) atoms. The van der Waals surface area contributed by atoms with Crippen LogP contribution < -0.4 is 5.32 Å². The fourth-order valence-electron chi connectivity index (χ4n) is 0.835. The summed E-state index contributed by atoms with van der Waals surface area (Å²) < 4.78 is 0.741. The Bertz CT molecular complexity index is 361. The first-order valence-electron chi connectivity index (χ1n) is 3.88. The predicted octanol–water partition coefficient (Wildman–Crippen LogP) is 0.980. The molecular weight excluding hydrogens is 252 g/mol. The van der Waals surface area contributed by atoms with Gasteiger partial charge in [-0.05, 0) is 28.9 Å². The molecule has 0 bridgehead atoms. The van der Waals surface area contributed by atoms with Crippen molar-refractivity contribution in [2.45, 2.75) is 13.0 Å². The number of H-pyrrole nitrogens is 1. The highest BCUT2D eigenvalue weighted by molar-refractivity contribution is 9.10. The number of carbonyl (C=O) groups is 2. The Morgan fingerprint density at radius 2 is 2.29 bits per heavy atom. The van der Waals surface area contributed by atoms with Crippen LogP contribution in [0.25, 0.3) is 0 Å². The van der Waals surface area contributed by atoms with Crippen LogP contribution in [0.2, 0.25) is 0 Å². The van der Waals surface area contributed by atoms with Crippen molar-refractivity contribution in [1.29, 1.82) is 0 Å². The molecule has 1 heterocycles. The Morgan fingerprint density at radius 1 is 1.64 bits per heavy atom. The molecule has 0 aromatic carbocycles. The SMILES string of the molecule is CC(NC(=O)c1cc(Br)c[nH]1)C(=O)O. The molecule has 5 nitrogen and oxygen atoms in total. The van der Waals surface area contributed by atoms with E-state index in [1.54, 1.807) is 12.3 Å².